The van der Waals surface area contributed by atoms with Gasteiger partial charge < -0.3 is 30.3 Å². The second-order valence-electron chi connectivity index (χ2n) is 3.01. The number of aliphatic hydroxyl groups excluding tert-OH is 2. The Bertz CT molecular complexity index is 245. The molecule has 0 aromatic heterocycles. The first-order valence-electron chi connectivity index (χ1n) is 4.88. The highest BCUT2D eigenvalue weighted by Crippen LogP contribution is 1.93. The first-order chi connectivity index (χ1) is 8.33. The predicted octanol–water partition coefficient (Wildman–Crippen LogP) is -0.640. The maximum atomic E-state index is 9.79. The average Bonchev–Trinajstić information content (AvgIpc) is 2.25. The fourth-order valence-corrected chi connectivity index (χ4v) is 0.666. The topological polar surface area (TPSA) is 162 Å². The summed E-state index contributed by atoms with van der Waals surface area (Å²) in [7, 11) is 0. The molecule has 0 amide bonds. The number of hydrogen-bond acceptors (Lipinski definition) is 6. The molecule has 106 valence electrons. The van der Waals surface area contributed by atoms with Crippen LogP contribution in [0.2, 0.25) is 0 Å². The Morgan fingerprint density at radius 2 is 1.28 bits per heavy atom. The van der Waals surface area contributed by atoms with Crippen LogP contribution in [0.1, 0.15) is 19.3 Å². The van der Waals surface area contributed by atoms with Gasteiger partial charge in [0.05, 0.1) is 13.2 Å². The normalized spacial score (nSPS) is 9.28. The number of rotatable bonds is 7. The Kier molecular flexibility index (Phi) is 11.9. The number of carbonyl (C=O) groups is 3. The number of carboxylic acid groups (broad SMARTS) is 3. The molecule has 0 fully saturated rings. The molecule has 0 aromatic carbocycles. The van der Waals surface area contributed by atoms with Crippen LogP contribution < -0.4 is 0 Å². The lowest BCUT2D eigenvalue weighted by Crippen LogP contribution is -2.24. The maximum absolute atomic E-state index is 9.79. The lowest BCUT2D eigenvalue weighted by Gasteiger charge is -2.07. The molecule has 0 unspecified atom stereocenters. The van der Waals surface area contributed by atoms with Crippen LogP contribution in [0.5, 0.6) is 0 Å². The van der Waals surface area contributed by atoms with E-state index < -0.39 is 37.4 Å². The largest absolute Gasteiger partial charge is 0.506 e. The summed E-state index contributed by atoms with van der Waals surface area (Å²) in [6.07, 6.45) is -2.42. The third-order valence-corrected chi connectivity index (χ3v) is 1.46. The minimum atomic E-state index is -1.50. The highest BCUT2D eigenvalue weighted by atomic mass is 16.7. The quantitative estimate of drug-likeness (QED) is 0.378. The van der Waals surface area contributed by atoms with E-state index in [-0.39, 0.29) is 19.3 Å². The summed E-state index contributed by atoms with van der Waals surface area (Å²) < 4.78 is 3.97. The third kappa shape index (κ3) is 16.6. The van der Waals surface area contributed by atoms with Crippen molar-refractivity contribution in [3.8, 4) is 0 Å². The molecule has 0 saturated heterocycles. The zero-order chi connectivity index (χ0) is 14.6. The molecule has 0 aliphatic heterocycles. The summed E-state index contributed by atoms with van der Waals surface area (Å²) >= 11 is 0. The Morgan fingerprint density at radius 1 is 0.889 bits per heavy atom. The van der Waals surface area contributed by atoms with Gasteiger partial charge in [-0.05, 0) is 6.42 Å². The fourth-order valence-electron chi connectivity index (χ4n) is 0.666. The van der Waals surface area contributed by atoms with Gasteiger partial charge in [0.2, 0.25) is 0 Å². The zero-order valence-corrected chi connectivity index (χ0v) is 9.48. The standard InChI is InChI=1S/C5H8O4.C4H8O5/c6-4(7)2-1-3-5(8)9;5-1-3(2-6)9-4(7)8/h1-3H2,(H,6,7)(H,8,9);3,5-6H,1-2H2,(H,7,8). The molecule has 5 N–H and O–H groups in total. The Morgan fingerprint density at radius 3 is 1.44 bits per heavy atom. The number of carboxylic acids is 2. The number of hydrogen-bond donors (Lipinski definition) is 5. The van der Waals surface area contributed by atoms with Gasteiger partial charge >= 0.3 is 18.1 Å². The molecular formula is C9H16O9. The van der Waals surface area contributed by atoms with Gasteiger partial charge in [0.1, 0.15) is 0 Å². The smallest absolute Gasteiger partial charge is 0.481 e. The van der Waals surface area contributed by atoms with Crippen LogP contribution in [-0.2, 0) is 14.3 Å². The van der Waals surface area contributed by atoms with E-state index in [1.54, 1.807) is 0 Å². The molecular weight excluding hydrogens is 252 g/mol. The summed E-state index contributed by atoms with van der Waals surface area (Å²) in [4.78, 5) is 29.3. The molecule has 9 heteroatoms. The molecule has 18 heavy (non-hydrogen) atoms. The predicted molar refractivity (Wildman–Crippen MR) is 56.2 cm³/mol. The van der Waals surface area contributed by atoms with E-state index >= 15 is 0 Å². The van der Waals surface area contributed by atoms with E-state index in [1.807, 2.05) is 0 Å². The first-order valence-corrected chi connectivity index (χ1v) is 4.88. The molecule has 0 aromatic rings. The van der Waals surface area contributed by atoms with Crippen molar-refractivity contribution in [2.75, 3.05) is 13.2 Å². The molecule has 0 saturated carbocycles. The molecule has 0 atom stereocenters. The van der Waals surface area contributed by atoms with E-state index in [9.17, 15) is 14.4 Å². The van der Waals surface area contributed by atoms with Crippen LogP contribution >= 0.6 is 0 Å². The Hall–Kier alpha value is -1.87. The van der Waals surface area contributed by atoms with E-state index in [2.05, 4.69) is 4.74 Å². The highest BCUT2D eigenvalue weighted by molar-refractivity contribution is 5.69. The first kappa shape index (κ1) is 18.5. The van der Waals surface area contributed by atoms with Crippen molar-refractivity contribution < 1.29 is 44.7 Å². The van der Waals surface area contributed by atoms with Gasteiger partial charge in [0, 0.05) is 12.8 Å². The van der Waals surface area contributed by atoms with Gasteiger partial charge in [0.15, 0.2) is 6.10 Å². The Balaban J connectivity index is 0. The number of ether oxygens (including phenoxy) is 1. The van der Waals surface area contributed by atoms with Crippen LogP contribution in [-0.4, -0.2) is 62.9 Å². The van der Waals surface area contributed by atoms with Crippen molar-refractivity contribution >= 4 is 18.1 Å². The number of aliphatic carboxylic acids is 2. The lowest BCUT2D eigenvalue weighted by atomic mass is 10.2. The summed E-state index contributed by atoms with van der Waals surface area (Å²) in [5.74, 6) is -1.90. The minimum Gasteiger partial charge on any atom is -0.481 e. The molecule has 9 nitrogen and oxygen atoms in total. The molecule has 0 rings (SSSR count). The van der Waals surface area contributed by atoms with Gasteiger partial charge in [-0.15, -0.1) is 0 Å². The van der Waals surface area contributed by atoms with Crippen LogP contribution in [0.4, 0.5) is 4.79 Å². The summed E-state index contributed by atoms with van der Waals surface area (Å²) in [6, 6.07) is 0. The van der Waals surface area contributed by atoms with Crippen LogP contribution in [0, 0.1) is 0 Å². The van der Waals surface area contributed by atoms with E-state index in [0.717, 1.165) is 0 Å². The SMILES string of the molecule is O=C(O)CCCC(=O)O.O=C(O)OC(CO)CO. The van der Waals surface area contributed by atoms with Gasteiger partial charge in [0.25, 0.3) is 0 Å². The molecule has 0 radical (unpaired) electrons. The third-order valence-electron chi connectivity index (χ3n) is 1.46. The maximum Gasteiger partial charge on any atom is 0.506 e. The van der Waals surface area contributed by atoms with Crippen molar-refractivity contribution in [3.63, 3.8) is 0 Å². The van der Waals surface area contributed by atoms with Crippen molar-refractivity contribution in [3.05, 3.63) is 0 Å². The zero-order valence-electron chi connectivity index (χ0n) is 9.48. The summed E-state index contributed by atoms with van der Waals surface area (Å²) in [5.41, 5.74) is 0. The average molecular weight is 268 g/mol. The second-order valence-corrected chi connectivity index (χ2v) is 3.01. The van der Waals surface area contributed by atoms with E-state index in [0.29, 0.717) is 0 Å². The van der Waals surface area contributed by atoms with Crippen LogP contribution in [0.25, 0.3) is 0 Å². The lowest BCUT2D eigenvalue weighted by molar-refractivity contribution is -0.138. The van der Waals surface area contributed by atoms with E-state index in [4.69, 9.17) is 25.5 Å². The summed E-state index contributed by atoms with van der Waals surface area (Å²) in [6.45, 7) is -0.994. The monoisotopic (exact) mass is 268 g/mol. The highest BCUT2D eigenvalue weighted by Gasteiger charge is 2.09. The van der Waals surface area contributed by atoms with Gasteiger partial charge in [-0.25, -0.2) is 4.79 Å². The summed E-state index contributed by atoms with van der Waals surface area (Å²) in [5, 5.41) is 40.4. The van der Waals surface area contributed by atoms with Crippen molar-refractivity contribution in [1.82, 2.24) is 0 Å². The van der Waals surface area contributed by atoms with Crippen LogP contribution in [0.3, 0.4) is 0 Å². The molecule has 0 spiro atoms. The second kappa shape index (κ2) is 11.6. The Labute approximate surface area is 102 Å². The number of aliphatic hydroxyl groups is 2. The molecule has 0 aliphatic rings. The van der Waals surface area contributed by atoms with Gasteiger partial charge in [-0.3, -0.25) is 9.59 Å². The van der Waals surface area contributed by atoms with Gasteiger partial charge in [-0.1, -0.05) is 0 Å². The van der Waals surface area contributed by atoms with Crippen molar-refractivity contribution in [1.29, 1.82) is 0 Å². The molecule has 0 aliphatic carbocycles. The van der Waals surface area contributed by atoms with Crippen LogP contribution in [0.15, 0.2) is 0 Å². The van der Waals surface area contributed by atoms with E-state index in [1.165, 1.54) is 0 Å². The van der Waals surface area contributed by atoms with Crippen molar-refractivity contribution in [2.45, 2.75) is 25.4 Å². The van der Waals surface area contributed by atoms with Crippen molar-refractivity contribution in [2.24, 2.45) is 0 Å². The minimum absolute atomic E-state index is 0.0632. The fraction of sp³-hybridized carbons (Fsp3) is 0.667. The molecule has 0 heterocycles. The molecule has 0 bridgehead atoms. The van der Waals surface area contributed by atoms with Gasteiger partial charge in [-0.2, -0.15) is 0 Å².